The molecule has 2 fully saturated rings. The zero-order chi connectivity index (χ0) is 14.5. The Bertz CT molecular complexity index is 422. The van der Waals surface area contributed by atoms with Gasteiger partial charge < -0.3 is 10.1 Å². The average molecular weight is 290 g/mol. The molecule has 0 aromatic carbocycles. The largest absolute Gasteiger partial charge is 0.379 e. The van der Waals surface area contributed by atoms with E-state index in [1.54, 1.807) is 0 Å². The third-order valence-corrected chi connectivity index (χ3v) is 4.58. The molecule has 3 heterocycles. The Morgan fingerprint density at radius 1 is 1.29 bits per heavy atom. The molecule has 0 radical (unpaired) electrons. The van der Waals surface area contributed by atoms with Crippen LogP contribution in [0, 0.1) is 0 Å². The standard InChI is InChI=1S/C16H26N4O/c1-14-12-18-6-7-20(14)16(15-2-4-17-5-3-15)13-19-8-10-21-11-9-19/h2-5,14,16,18H,6-13H2,1H3. The Kier molecular flexibility index (Phi) is 5.19. The summed E-state index contributed by atoms with van der Waals surface area (Å²) < 4.78 is 5.48. The lowest BCUT2D eigenvalue weighted by molar-refractivity contribution is 0.0137. The second kappa shape index (κ2) is 7.31. The molecule has 0 spiro atoms. The highest BCUT2D eigenvalue weighted by atomic mass is 16.5. The molecular formula is C16H26N4O. The maximum absolute atomic E-state index is 5.48. The van der Waals surface area contributed by atoms with Crippen molar-refractivity contribution >= 4 is 0 Å². The molecule has 0 aliphatic carbocycles. The number of ether oxygens (including phenoxy) is 1. The number of rotatable bonds is 4. The van der Waals surface area contributed by atoms with Gasteiger partial charge in [-0.15, -0.1) is 0 Å². The van der Waals surface area contributed by atoms with E-state index in [4.69, 9.17) is 4.74 Å². The third kappa shape index (κ3) is 3.80. The molecule has 2 aliphatic heterocycles. The van der Waals surface area contributed by atoms with E-state index in [9.17, 15) is 0 Å². The van der Waals surface area contributed by atoms with Gasteiger partial charge in [-0.3, -0.25) is 14.8 Å². The maximum Gasteiger partial charge on any atom is 0.0594 e. The molecule has 1 N–H and O–H groups in total. The van der Waals surface area contributed by atoms with Crippen molar-refractivity contribution in [3.8, 4) is 0 Å². The minimum Gasteiger partial charge on any atom is -0.379 e. The van der Waals surface area contributed by atoms with Crippen LogP contribution in [0.15, 0.2) is 24.5 Å². The number of hydrogen-bond acceptors (Lipinski definition) is 5. The molecular weight excluding hydrogens is 264 g/mol. The molecule has 0 amide bonds. The van der Waals surface area contributed by atoms with E-state index in [1.165, 1.54) is 5.56 Å². The van der Waals surface area contributed by atoms with Gasteiger partial charge in [0.1, 0.15) is 0 Å². The summed E-state index contributed by atoms with van der Waals surface area (Å²) in [4.78, 5) is 9.35. The monoisotopic (exact) mass is 290 g/mol. The molecule has 2 aliphatic rings. The minimum absolute atomic E-state index is 0.447. The van der Waals surface area contributed by atoms with E-state index in [0.29, 0.717) is 12.1 Å². The Hall–Kier alpha value is -1.01. The molecule has 1 aromatic rings. The van der Waals surface area contributed by atoms with Gasteiger partial charge >= 0.3 is 0 Å². The fourth-order valence-corrected chi connectivity index (χ4v) is 3.34. The first kappa shape index (κ1) is 14.9. The predicted octanol–water partition coefficient (Wildman–Crippen LogP) is 0.749. The summed E-state index contributed by atoms with van der Waals surface area (Å²) in [6.45, 7) is 10.5. The molecule has 0 bridgehead atoms. The van der Waals surface area contributed by atoms with Gasteiger partial charge in [-0.1, -0.05) is 0 Å². The Morgan fingerprint density at radius 3 is 2.76 bits per heavy atom. The fourth-order valence-electron chi connectivity index (χ4n) is 3.34. The number of morpholine rings is 1. The van der Waals surface area contributed by atoms with Crippen LogP contribution in [0.2, 0.25) is 0 Å². The second-order valence-electron chi connectivity index (χ2n) is 6.00. The second-order valence-corrected chi connectivity index (χ2v) is 6.00. The summed E-state index contributed by atoms with van der Waals surface area (Å²) in [6, 6.07) is 5.35. The van der Waals surface area contributed by atoms with Gasteiger partial charge in [-0.2, -0.15) is 0 Å². The number of piperazine rings is 1. The summed E-state index contributed by atoms with van der Waals surface area (Å²) in [7, 11) is 0. The molecule has 5 heteroatoms. The summed E-state index contributed by atoms with van der Waals surface area (Å²) in [5, 5.41) is 3.49. The Balaban J connectivity index is 1.76. The first-order valence-electron chi connectivity index (χ1n) is 8.01. The molecule has 1 aromatic heterocycles. The normalized spacial score (nSPS) is 26.6. The summed E-state index contributed by atoms with van der Waals surface area (Å²) in [5.74, 6) is 0. The molecule has 2 atom stereocenters. The van der Waals surface area contributed by atoms with Crippen molar-refractivity contribution < 1.29 is 4.74 Å². The molecule has 5 nitrogen and oxygen atoms in total. The highest BCUT2D eigenvalue weighted by Gasteiger charge is 2.29. The van der Waals surface area contributed by atoms with Crippen LogP contribution in [0.25, 0.3) is 0 Å². The van der Waals surface area contributed by atoms with Gasteiger partial charge in [0.15, 0.2) is 0 Å². The SMILES string of the molecule is CC1CNCCN1C(CN1CCOCC1)c1ccncc1. The zero-order valence-electron chi connectivity index (χ0n) is 12.9. The van der Waals surface area contributed by atoms with Crippen molar-refractivity contribution in [2.45, 2.75) is 19.0 Å². The van der Waals surface area contributed by atoms with Gasteiger partial charge in [0.2, 0.25) is 0 Å². The van der Waals surface area contributed by atoms with Crippen molar-refractivity contribution in [1.29, 1.82) is 0 Å². The zero-order valence-corrected chi connectivity index (χ0v) is 12.9. The van der Waals surface area contributed by atoms with E-state index in [1.807, 2.05) is 12.4 Å². The third-order valence-electron chi connectivity index (χ3n) is 4.58. The first-order chi connectivity index (χ1) is 10.3. The molecule has 21 heavy (non-hydrogen) atoms. The first-order valence-corrected chi connectivity index (χ1v) is 8.01. The van der Waals surface area contributed by atoms with Crippen LogP contribution in [-0.4, -0.2) is 73.3 Å². The van der Waals surface area contributed by atoms with E-state index in [0.717, 1.165) is 52.5 Å². The van der Waals surface area contributed by atoms with Gasteiger partial charge in [-0.05, 0) is 24.6 Å². The van der Waals surface area contributed by atoms with Crippen molar-refractivity contribution in [1.82, 2.24) is 20.1 Å². The molecule has 2 unspecified atom stereocenters. The summed E-state index contributed by atoms with van der Waals surface area (Å²) in [6.07, 6.45) is 3.82. The van der Waals surface area contributed by atoms with Crippen molar-refractivity contribution in [3.05, 3.63) is 30.1 Å². The van der Waals surface area contributed by atoms with Crippen molar-refractivity contribution in [3.63, 3.8) is 0 Å². The fraction of sp³-hybridized carbons (Fsp3) is 0.688. The van der Waals surface area contributed by atoms with Crippen LogP contribution in [0.5, 0.6) is 0 Å². The topological polar surface area (TPSA) is 40.6 Å². The number of aromatic nitrogens is 1. The number of nitrogens with one attached hydrogen (secondary N) is 1. The van der Waals surface area contributed by atoms with Crippen LogP contribution >= 0.6 is 0 Å². The molecule has 116 valence electrons. The lowest BCUT2D eigenvalue weighted by Gasteiger charge is -2.42. The van der Waals surface area contributed by atoms with Gasteiger partial charge in [0.05, 0.1) is 13.2 Å². The smallest absolute Gasteiger partial charge is 0.0594 e. The maximum atomic E-state index is 5.48. The lowest BCUT2D eigenvalue weighted by Crippen LogP contribution is -2.53. The molecule has 3 rings (SSSR count). The predicted molar refractivity (Wildman–Crippen MR) is 83.3 cm³/mol. The average Bonchev–Trinajstić information content (AvgIpc) is 2.55. The summed E-state index contributed by atoms with van der Waals surface area (Å²) in [5.41, 5.74) is 1.38. The quantitative estimate of drug-likeness (QED) is 0.886. The highest BCUT2D eigenvalue weighted by molar-refractivity contribution is 5.16. The lowest BCUT2D eigenvalue weighted by atomic mass is 10.0. The van der Waals surface area contributed by atoms with Gasteiger partial charge in [-0.25, -0.2) is 0 Å². The highest BCUT2D eigenvalue weighted by Crippen LogP contribution is 2.25. The van der Waals surface area contributed by atoms with Gasteiger partial charge in [0.25, 0.3) is 0 Å². The number of nitrogens with zero attached hydrogens (tertiary/aromatic N) is 3. The minimum atomic E-state index is 0.447. The Morgan fingerprint density at radius 2 is 2.05 bits per heavy atom. The number of pyridine rings is 1. The van der Waals surface area contributed by atoms with Crippen LogP contribution in [0.4, 0.5) is 0 Å². The van der Waals surface area contributed by atoms with Crippen LogP contribution in [0.1, 0.15) is 18.5 Å². The van der Waals surface area contributed by atoms with Crippen LogP contribution in [-0.2, 0) is 4.74 Å². The van der Waals surface area contributed by atoms with E-state index < -0.39 is 0 Å². The van der Waals surface area contributed by atoms with Gasteiger partial charge in [0, 0.05) is 63.7 Å². The van der Waals surface area contributed by atoms with E-state index in [-0.39, 0.29) is 0 Å². The summed E-state index contributed by atoms with van der Waals surface area (Å²) >= 11 is 0. The number of hydrogen-bond donors (Lipinski definition) is 1. The van der Waals surface area contributed by atoms with E-state index in [2.05, 4.69) is 39.2 Å². The molecule has 0 saturated carbocycles. The van der Waals surface area contributed by atoms with Crippen LogP contribution < -0.4 is 5.32 Å². The van der Waals surface area contributed by atoms with Crippen LogP contribution in [0.3, 0.4) is 0 Å². The van der Waals surface area contributed by atoms with Crippen molar-refractivity contribution in [2.75, 3.05) is 52.5 Å². The van der Waals surface area contributed by atoms with Crippen molar-refractivity contribution in [2.24, 2.45) is 0 Å². The Labute approximate surface area is 127 Å². The molecule has 2 saturated heterocycles. The van der Waals surface area contributed by atoms with E-state index >= 15 is 0 Å².